The average molecular weight is 511 g/mol. The normalized spacial score (nSPS) is 20.4. The summed E-state index contributed by atoms with van der Waals surface area (Å²) in [6.45, 7) is 6.10. The minimum atomic E-state index is -4.95. The summed E-state index contributed by atoms with van der Waals surface area (Å²) < 4.78 is 57.3. The Morgan fingerprint density at radius 3 is 2.49 bits per heavy atom. The van der Waals surface area contributed by atoms with Gasteiger partial charge in [-0.2, -0.15) is 13.2 Å². The number of nitrogens with zero attached hydrogens (tertiary/aromatic N) is 1. The van der Waals surface area contributed by atoms with Crippen molar-refractivity contribution < 1.29 is 27.4 Å². The van der Waals surface area contributed by atoms with Crippen molar-refractivity contribution in [2.24, 2.45) is 0 Å². The highest BCUT2D eigenvalue weighted by Crippen LogP contribution is 2.32. The van der Waals surface area contributed by atoms with Crippen LogP contribution in [0.25, 0.3) is 0 Å². The van der Waals surface area contributed by atoms with E-state index < -0.39 is 41.4 Å². The van der Waals surface area contributed by atoms with Crippen molar-refractivity contribution in [1.29, 1.82) is 0 Å². The van der Waals surface area contributed by atoms with Crippen LogP contribution in [0.15, 0.2) is 40.1 Å². The molecule has 3 atom stereocenters. The van der Waals surface area contributed by atoms with Gasteiger partial charge in [-0.3, -0.25) is 14.3 Å². The van der Waals surface area contributed by atoms with Crippen molar-refractivity contribution >= 4 is 17.3 Å². The second-order valence-corrected chi connectivity index (χ2v) is 9.42. The summed E-state index contributed by atoms with van der Waals surface area (Å²) >= 11 is 5.36. The summed E-state index contributed by atoms with van der Waals surface area (Å²) in [7, 11) is 0. The minimum Gasteiger partial charge on any atom is -0.480 e. The largest absolute Gasteiger partial charge is 0.480 e. The summed E-state index contributed by atoms with van der Waals surface area (Å²) in [6.07, 6.45) is -1.85. The molecule has 1 aromatic heterocycles. The number of aromatic amines is 1. The van der Waals surface area contributed by atoms with Crippen molar-refractivity contribution in [3.8, 4) is 12.3 Å². The molecule has 3 rings (SSSR count). The number of aromatic nitrogens is 2. The van der Waals surface area contributed by atoms with E-state index in [2.05, 4.69) is 26.7 Å². The fourth-order valence-corrected chi connectivity index (χ4v) is 3.80. The summed E-state index contributed by atoms with van der Waals surface area (Å²) in [5.74, 6) is 2.32. The van der Waals surface area contributed by atoms with E-state index in [1.807, 2.05) is 24.3 Å². The zero-order valence-electron chi connectivity index (χ0n) is 19.3. The number of ether oxygens (including phenoxy) is 3. The van der Waals surface area contributed by atoms with Gasteiger partial charge in [-0.15, -0.1) is 6.42 Å². The molecule has 7 nitrogen and oxygen atoms in total. The van der Waals surface area contributed by atoms with Crippen molar-refractivity contribution in [2.45, 2.75) is 57.2 Å². The molecule has 0 saturated carbocycles. The zero-order valence-corrected chi connectivity index (χ0v) is 20.2. The number of benzene rings is 1. The molecule has 2 aromatic rings. The molecule has 1 fully saturated rings. The van der Waals surface area contributed by atoms with Crippen molar-refractivity contribution in [1.82, 2.24) is 9.55 Å². The summed E-state index contributed by atoms with van der Waals surface area (Å²) in [6, 6.07) is 7.58. The lowest BCUT2D eigenvalue weighted by Crippen LogP contribution is -2.36. The third-order valence-corrected chi connectivity index (χ3v) is 5.86. The van der Waals surface area contributed by atoms with E-state index in [1.54, 1.807) is 4.98 Å². The molecule has 2 heterocycles. The molecule has 1 aliphatic rings. The Hall–Kier alpha value is -2.94. The Bertz CT molecular complexity index is 1220. The van der Waals surface area contributed by atoms with E-state index in [0.717, 1.165) is 5.56 Å². The van der Waals surface area contributed by atoms with Crippen LogP contribution in [0.5, 0.6) is 0 Å². The van der Waals surface area contributed by atoms with E-state index in [4.69, 9.17) is 32.9 Å². The number of hydrogen-bond donors (Lipinski definition) is 1. The molecule has 11 heteroatoms. The highest BCUT2D eigenvalue weighted by Gasteiger charge is 2.40. The number of hydrogen-bond acceptors (Lipinski definition) is 6. The first-order valence-electron chi connectivity index (χ1n) is 10.7. The molecule has 1 N–H and O–H groups in total. The molecule has 1 saturated heterocycles. The minimum absolute atomic E-state index is 0.00595. The molecular formula is C24H25F3N2O5S. The third kappa shape index (κ3) is 6.39. The second kappa shape index (κ2) is 10.4. The Kier molecular flexibility index (Phi) is 7.89. The lowest BCUT2D eigenvalue weighted by atomic mass is 9.87. The predicted molar refractivity (Wildman–Crippen MR) is 126 cm³/mol. The maximum Gasteiger partial charge on any atom is 0.423 e. The number of halogens is 3. The van der Waals surface area contributed by atoms with Crippen LogP contribution in [0.2, 0.25) is 0 Å². The maximum absolute atomic E-state index is 13.2. The molecule has 0 unspecified atom stereocenters. The second-order valence-electron chi connectivity index (χ2n) is 9.05. The van der Waals surface area contributed by atoms with Crippen LogP contribution in [0.3, 0.4) is 0 Å². The molecule has 0 spiro atoms. The highest BCUT2D eigenvalue weighted by atomic mass is 32.1. The van der Waals surface area contributed by atoms with Gasteiger partial charge < -0.3 is 14.2 Å². The van der Waals surface area contributed by atoms with Crippen molar-refractivity contribution in [2.75, 3.05) is 13.2 Å². The number of thiocarbonyl (C=S) groups is 1. The molecule has 0 radical (unpaired) electrons. The molecule has 1 aromatic carbocycles. The van der Waals surface area contributed by atoms with Gasteiger partial charge in [-0.1, -0.05) is 51.0 Å². The zero-order chi connectivity index (χ0) is 26.0. The van der Waals surface area contributed by atoms with Crippen LogP contribution in [0, 0.1) is 12.3 Å². The highest BCUT2D eigenvalue weighted by molar-refractivity contribution is 7.80. The molecule has 0 aliphatic carbocycles. The molecule has 0 amide bonds. The molecular weight excluding hydrogens is 485 g/mol. The van der Waals surface area contributed by atoms with Gasteiger partial charge in [0.1, 0.15) is 31.1 Å². The smallest absolute Gasteiger partial charge is 0.423 e. The Balaban J connectivity index is 1.76. The third-order valence-electron chi connectivity index (χ3n) is 5.51. The van der Waals surface area contributed by atoms with Gasteiger partial charge in [-0.05, 0) is 23.2 Å². The summed E-state index contributed by atoms with van der Waals surface area (Å²) in [4.78, 5) is 25.5. The SMILES string of the molecule is C#CCO[C@H]1C[C@H](n2cc(C(F)(F)F)c(=O)[nH]c2=O)O[C@@H]1COC(=S)c1ccc(C(C)(C)C)cc1. The maximum atomic E-state index is 13.2. The lowest BCUT2D eigenvalue weighted by molar-refractivity contribution is -0.139. The Labute approximate surface area is 205 Å². The number of H-pyrrole nitrogens is 1. The van der Waals surface area contributed by atoms with Crippen LogP contribution in [-0.2, 0) is 25.8 Å². The molecule has 0 bridgehead atoms. The van der Waals surface area contributed by atoms with Crippen LogP contribution in [0.4, 0.5) is 13.2 Å². The van der Waals surface area contributed by atoms with E-state index >= 15 is 0 Å². The van der Waals surface area contributed by atoms with Gasteiger partial charge >= 0.3 is 11.9 Å². The molecule has 35 heavy (non-hydrogen) atoms. The van der Waals surface area contributed by atoms with Crippen LogP contribution < -0.4 is 11.2 Å². The van der Waals surface area contributed by atoms with Gasteiger partial charge in [0.15, 0.2) is 5.05 Å². The predicted octanol–water partition coefficient (Wildman–Crippen LogP) is 3.55. The van der Waals surface area contributed by atoms with Crippen LogP contribution >= 0.6 is 12.2 Å². The fraction of sp³-hybridized carbons (Fsp3) is 0.458. The van der Waals surface area contributed by atoms with E-state index in [9.17, 15) is 22.8 Å². The Morgan fingerprint density at radius 1 is 1.26 bits per heavy atom. The van der Waals surface area contributed by atoms with Gasteiger partial charge in [0.2, 0.25) is 0 Å². The van der Waals surface area contributed by atoms with Gasteiger partial charge in [0.05, 0.1) is 6.10 Å². The standard InChI is InChI=1S/C24H25F3N2O5S/c1-5-10-32-17-11-19(29-12-16(24(25,26)27)20(30)28-22(29)31)34-18(17)13-33-21(35)14-6-8-15(9-7-14)23(2,3)4/h1,6-9,12,17-19H,10-11,13H2,2-4H3,(H,28,30,31)/t17-,18+,19+/m0/s1. The number of rotatable bonds is 6. The van der Waals surface area contributed by atoms with Crippen molar-refractivity contribution in [3.63, 3.8) is 0 Å². The molecule has 1 aliphatic heterocycles. The van der Waals surface area contributed by atoms with E-state index in [0.29, 0.717) is 16.3 Å². The van der Waals surface area contributed by atoms with Gasteiger partial charge in [0.25, 0.3) is 5.56 Å². The van der Waals surface area contributed by atoms with Crippen LogP contribution in [-0.4, -0.2) is 40.0 Å². The summed E-state index contributed by atoms with van der Waals surface area (Å²) in [5.41, 5.74) is -2.31. The van der Waals surface area contributed by atoms with Gasteiger partial charge in [-0.25, -0.2) is 4.79 Å². The van der Waals surface area contributed by atoms with E-state index in [1.165, 1.54) is 0 Å². The van der Waals surface area contributed by atoms with E-state index in [-0.39, 0.29) is 30.1 Å². The number of alkyl halides is 3. The fourth-order valence-electron chi connectivity index (χ4n) is 3.60. The van der Waals surface area contributed by atoms with Crippen LogP contribution in [0.1, 0.15) is 50.1 Å². The lowest BCUT2D eigenvalue weighted by Gasteiger charge is -2.20. The average Bonchev–Trinajstić information content (AvgIpc) is 3.17. The molecule has 188 valence electrons. The topological polar surface area (TPSA) is 82.6 Å². The first kappa shape index (κ1) is 26.7. The first-order valence-corrected chi connectivity index (χ1v) is 11.1. The van der Waals surface area contributed by atoms with Crippen molar-refractivity contribution in [3.05, 3.63) is 68.0 Å². The van der Waals surface area contributed by atoms with Gasteiger partial charge in [0, 0.05) is 18.2 Å². The number of nitrogens with one attached hydrogen (secondary N) is 1. The monoisotopic (exact) mass is 510 g/mol. The number of terminal acetylenes is 1. The Morgan fingerprint density at radius 2 is 1.91 bits per heavy atom. The quantitative estimate of drug-likeness (QED) is 0.473. The first-order chi connectivity index (χ1) is 16.3. The summed E-state index contributed by atoms with van der Waals surface area (Å²) in [5, 5.41) is 0.203.